The monoisotopic (exact) mass is 207 g/mol. The van der Waals surface area contributed by atoms with Crippen LogP contribution in [0.5, 0.6) is 0 Å². The molecule has 1 aliphatic heterocycles. The number of anilines is 2. The fourth-order valence-corrected chi connectivity index (χ4v) is 1.81. The van der Waals surface area contributed by atoms with Crippen LogP contribution in [0.2, 0.25) is 0 Å². The molecule has 1 fully saturated rings. The molecule has 1 saturated heterocycles. The summed E-state index contributed by atoms with van der Waals surface area (Å²) in [6.07, 6.45) is 4.25. The maximum absolute atomic E-state index is 5.60. The first-order chi connectivity index (χ1) is 7.25. The Labute approximate surface area is 89.8 Å². The Bertz CT molecular complexity index is 306. The lowest BCUT2D eigenvalue weighted by atomic mass is 10.1. The predicted octanol–water partition coefficient (Wildman–Crippen LogP) is 1.64. The lowest BCUT2D eigenvalue weighted by Crippen LogP contribution is -2.30. The molecule has 1 aromatic heterocycles. The number of hydrogen-bond acceptors (Lipinski definition) is 4. The van der Waals surface area contributed by atoms with Crippen LogP contribution in [0, 0.1) is 0 Å². The van der Waals surface area contributed by atoms with Crippen LogP contribution in [-0.4, -0.2) is 23.7 Å². The van der Waals surface area contributed by atoms with Crippen LogP contribution in [-0.2, 0) is 4.74 Å². The first-order valence-electron chi connectivity index (χ1n) is 5.35. The van der Waals surface area contributed by atoms with Gasteiger partial charge in [-0.25, -0.2) is 4.98 Å². The van der Waals surface area contributed by atoms with Crippen LogP contribution in [0.4, 0.5) is 11.5 Å². The van der Waals surface area contributed by atoms with Gasteiger partial charge in [0, 0.05) is 6.61 Å². The number of ether oxygens (including phenoxy) is 1. The maximum Gasteiger partial charge on any atom is 0.126 e. The smallest absolute Gasteiger partial charge is 0.126 e. The molecule has 4 nitrogen and oxygen atoms in total. The van der Waals surface area contributed by atoms with Crippen LogP contribution < -0.4 is 11.1 Å². The van der Waals surface area contributed by atoms with Crippen molar-refractivity contribution in [2.24, 2.45) is 0 Å². The highest BCUT2D eigenvalue weighted by Crippen LogP contribution is 2.18. The van der Waals surface area contributed by atoms with Crippen molar-refractivity contribution in [3.8, 4) is 0 Å². The second-order valence-electron chi connectivity index (χ2n) is 3.96. The van der Waals surface area contributed by atoms with Crippen LogP contribution in [0.15, 0.2) is 18.3 Å². The van der Waals surface area contributed by atoms with Crippen molar-refractivity contribution >= 4 is 11.5 Å². The molecule has 2 rings (SSSR count). The predicted molar refractivity (Wildman–Crippen MR) is 60.7 cm³/mol. The van der Waals surface area contributed by atoms with Crippen molar-refractivity contribution in [1.82, 2.24) is 4.98 Å². The molecule has 3 N–H and O–H groups in total. The summed E-state index contributed by atoms with van der Waals surface area (Å²) >= 11 is 0. The van der Waals surface area contributed by atoms with Gasteiger partial charge in [-0.3, -0.25) is 0 Å². The van der Waals surface area contributed by atoms with E-state index in [1.807, 2.05) is 12.1 Å². The van der Waals surface area contributed by atoms with Gasteiger partial charge in [0.05, 0.1) is 24.0 Å². The highest BCUT2D eigenvalue weighted by Gasteiger charge is 2.22. The number of nitrogens with two attached hydrogens (primary N) is 1. The molecule has 0 spiro atoms. The number of rotatable bonds is 3. The van der Waals surface area contributed by atoms with Crippen molar-refractivity contribution in [2.45, 2.75) is 31.9 Å². The fraction of sp³-hybridized carbons (Fsp3) is 0.545. The number of hydrogen-bond donors (Lipinski definition) is 2. The lowest BCUT2D eigenvalue weighted by molar-refractivity contribution is 0.0995. The van der Waals surface area contributed by atoms with E-state index in [0.29, 0.717) is 17.8 Å². The maximum atomic E-state index is 5.60. The van der Waals surface area contributed by atoms with E-state index in [-0.39, 0.29) is 0 Å². The SMILES string of the molecule is CC(Nc1ccc(N)cn1)[C@@H]1CCCO1. The van der Waals surface area contributed by atoms with Gasteiger partial charge in [-0.2, -0.15) is 0 Å². The van der Waals surface area contributed by atoms with Gasteiger partial charge < -0.3 is 15.8 Å². The van der Waals surface area contributed by atoms with Gasteiger partial charge in [0.25, 0.3) is 0 Å². The van der Waals surface area contributed by atoms with Crippen molar-refractivity contribution in [3.63, 3.8) is 0 Å². The van der Waals surface area contributed by atoms with Crippen LogP contribution in [0.3, 0.4) is 0 Å². The normalized spacial score (nSPS) is 22.6. The Morgan fingerprint density at radius 1 is 1.60 bits per heavy atom. The third kappa shape index (κ3) is 2.59. The molecule has 2 atom stereocenters. The molecule has 1 unspecified atom stereocenters. The molecule has 2 heterocycles. The Kier molecular flexibility index (Phi) is 3.06. The van der Waals surface area contributed by atoms with E-state index < -0.39 is 0 Å². The molecule has 0 amide bonds. The summed E-state index contributed by atoms with van der Waals surface area (Å²) in [5, 5.41) is 3.32. The van der Waals surface area contributed by atoms with E-state index in [0.717, 1.165) is 25.3 Å². The zero-order valence-corrected chi connectivity index (χ0v) is 8.94. The number of pyridine rings is 1. The van der Waals surface area contributed by atoms with Crippen molar-refractivity contribution in [3.05, 3.63) is 18.3 Å². The highest BCUT2D eigenvalue weighted by atomic mass is 16.5. The number of nitrogens with one attached hydrogen (secondary N) is 1. The first kappa shape index (κ1) is 10.2. The molecular formula is C11H17N3O. The van der Waals surface area contributed by atoms with E-state index in [9.17, 15) is 0 Å². The lowest BCUT2D eigenvalue weighted by Gasteiger charge is -2.20. The van der Waals surface area contributed by atoms with E-state index >= 15 is 0 Å². The average molecular weight is 207 g/mol. The number of nitrogen functional groups attached to an aromatic ring is 1. The van der Waals surface area contributed by atoms with E-state index in [1.165, 1.54) is 0 Å². The summed E-state index contributed by atoms with van der Waals surface area (Å²) in [6, 6.07) is 4.03. The second kappa shape index (κ2) is 4.49. The van der Waals surface area contributed by atoms with Gasteiger partial charge in [0.1, 0.15) is 5.82 Å². The molecule has 0 saturated carbocycles. The quantitative estimate of drug-likeness (QED) is 0.791. The molecule has 0 radical (unpaired) electrons. The largest absolute Gasteiger partial charge is 0.397 e. The Morgan fingerprint density at radius 3 is 3.07 bits per heavy atom. The van der Waals surface area contributed by atoms with Gasteiger partial charge in [0.15, 0.2) is 0 Å². The minimum absolute atomic E-state index is 0.295. The van der Waals surface area contributed by atoms with Gasteiger partial charge in [-0.1, -0.05) is 0 Å². The summed E-state index contributed by atoms with van der Waals surface area (Å²) < 4.78 is 5.60. The zero-order valence-electron chi connectivity index (χ0n) is 8.94. The van der Waals surface area contributed by atoms with Crippen LogP contribution >= 0.6 is 0 Å². The average Bonchev–Trinajstić information content (AvgIpc) is 2.74. The minimum Gasteiger partial charge on any atom is -0.397 e. The molecule has 15 heavy (non-hydrogen) atoms. The Balaban J connectivity index is 1.92. The number of nitrogens with zero attached hydrogens (tertiary/aromatic N) is 1. The summed E-state index contributed by atoms with van der Waals surface area (Å²) in [7, 11) is 0. The summed E-state index contributed by atoms with van der Waals surface area (Å²) in [4.78, 5) is 4.20. The Morgan fingerprint density at radius 2 is 2.47 bits per heavy atom. The molecule has 0 aliphatic carbocycles. The van der Waals surface area contributed by atoms with Crippen molar-refractivity contribution in [1.29, 1.82) is 0 Å². The molecule has 1 aliphatic rings. The summed E-state index contributed by atoms with van der Waals surface area (Å²) in [5.41, 5.74) is 6.25. The minimum atomic E-state index is 0.295. The third-order valence-electron chi connectivity index (χ3n) is 2.68. The fourth-order valence-electron chi connectivity index (χ4n) is 1.81. The van der Waals surface area contributed by atoms with Crippen molar-refractivity contribution < 1.29 is 4.74 Å². The summed E-state index contributed by atoms with van der Waals surface area (Å²) in [5.74, 6) is 0.854. The molecular weight excluding hydrogens is 190 g/mol. The standard InChI is InChI=1S/C11H17N3O/c1-8(10-3-2-6-15-10)14-11-5-4-9(12)7-13-11/h4-5,7-8,10H,2-3,6,12H2,1H3,(H,13,14)/t8?,10-/m0/s1. The molecule has 4 heteroatoms. The molecule has 0 aromatic carbocycles. The van der Waals surface area contributed by atoms with Crippen LogP contribution in [0.25, 0.3) is 0 Å². The van der Waals surface area contributed by atoms with Gasteiger partial charge in [-0.15, -0.1) is 0 Å². The molecule has 82 valence electrons. The number of aromatic nitrogens is 1. The van der Waals surface area contributed by atoms with E-state index in [4.69, 9.17) is 10.5 Å². The first-order valence-corrected chi connectivity index (χ1v) is 5.35. The zero-order chi connectivity index (χ0) is 10.7. The second-order valence-corrected chi connectivity index (χ2v) is 3.96. The highest BCUT2D eigenvalue weighted by molar-refractivity contribution is 5.44. The molecule has 1 aromatic rings. The van der Waals surface area contributed by atoms with Gasteiger partial charge >= 0.3 is 0 Å². The van der Waals surface area contributed by atoms with Crippen LogP contribution in [0.1, 0.15) is 19.8 Å². The van der Waals surface area contributed by atoms with Gasteiger partial charge in [0.2, 0.25) is 0 Å². The van der Waals surface area contributed by atoms with E-state index in [2.05, 4.69) is 17.2 Å². The van der Waals surface area contributed by atoms with E-state index in [1.54, 1.807) is 6.20 Å². The third-order valence-corrected chi connectivity index (χ3v) is 2.68. The molecule has 0 bridgehead atoms. The Hall–Kier alpha value is -1.29. The van der Waals surface area contributed by atoms with Gasteiger partial charge in [-0.05, 0) is 31.9 Å². The summed E-state index contributed by atoms with van der Waals surface area (Å²) in [6.45, 7) is 3.00. The van der Waals surface area contributed by atoms with Crippen molar-refractivity contribution in [2.75, 3.05) is 17.7 Å². The topological polar surface area (TPSA) is 60.2 Å².